The van der Waals surface area contributed by atoms with Crippen LogP contribution < -0.4 is 5.32 Å². The average Bonchev–Trinajstić information content (AvgIpc) is 2.91. The van der Waals surface area contributed by atoms with Gasteiger partial charge in [0.25, 0.3) is 0 Å². The van der Waals surface area contributed by atoms with Crippen molar-refractivity contribution in [2.24, 2.45) is 11.3 Å². The van der Waals surface area contributed by atoms with Gasteiger partial charge in [-0.1, -0.05) is 32.0 Å². The molecule has 3 nitrogen and oxygen atoms in total. The summed E-state index contributed by atoms with van der Waals surface area (Å²) in [6.07, 6.45) is 4.93. The van der Waals surface area contributed by atoms with Crippen LogP contribution in [0, 0.1) is 11.3 Å². The third-order valence-corrected chi connectivity index (χ3v) is 5.53. The van der Waals surface area contributed by atoms with E-state index >= 15 is 0 Å². The minimum Gasteiger partial charge on any atom is -0.330 e. The summed E-state index contributed by atoms with van der Waals surface area (Å²) in [5.41, 5.74) is 3.59. The van der Waals surface area contributed by atoms with E-state index in [2.05, 4.69) is 30.3 Å². The summed E-state index contributed by atoms with van der Waals surface area (Å²) in [6, 6.07) is 6.47. The highest BCUT2D eigenvalue weighted by molar-refractivity contribution is 6.31. The lowest BCUT2D eigenvalue weighted by Gasteiger charge is -2.29. The summed E-state index contributed by atoms with van der Waals surface area (Å²) >= 11 is 6.19. The molecule has 0 saturated heterocycles. The van der Waals surface area contributed by atoms with Crippen LogP contribution in [0.3, 0.4) is 0 Å². The lowest BCUT2D eigenvalue weighted by Crippen LogP contribution is -2.19. The molecule has 0 unspecified atom stereocenters. The Morgan fingerprint density at radius 2 is 2.14 bits per heavy atom. The van der Waals surface area contributed by atoms with Gasteiger partial charge in [-0.3, -0.25) is 0 Å². The molecule has 2 saturated carbocycles. The maximum absolute atomic E-state index is 6.19. The Hall–Kier alpha value is -1.48. The molecule has 2 fully saturated rings. The molecule has 1 aromatic heterocycles. The lowest BCUT2D eigenvalue weighted by atomic mass is 9.93. The second-order valence-corrected chi connectivity index (χ2v) is 7.86. The predicted molar refractivity (Wildman–Crippen MR) is 92.3 cm³/mol. The van der Waals surface area contributed by atoms with E-state index < -0.39 is 0 Å². The summed E-state index contributed by atoms with van der Waals surface area (Å²) in [5, 5.41) is 4.27. The molecule has 0 bridgehead atoms. The van der Waals surface area contributed by atoms with Crippen molar-refractivity contribution in [2.75, 3.05) is 5.32 Å². The number of imidazole rings is 1. The van der Waals surface area contributed by atoms with Gasteiger partial charge in [0.05, 0.1) is 11.0 Å². The Kier molecular flexibility index (Phi) is 3.06. The van der Waals surface area contributed by atoms with Gasteiger partial charge in [-0.2, -0.15) is 0 Å². The van der Waals surface area contributed by atoms with Crippen molar-refractivity contribution in [1.82, 2.24) is 9.55 Å². The smallest absolute Gasteiger partial charge is 0.208 e. The first-order valence-corrected chi connectivity index (χ1v) is 8.47. The zero-order valence-corrected chi connectivity index (χ0v) is 14.0. The SMILES string of the molecule is C=C(Nc1nc2ccc(Cl)cc2n1C1CCC1)[C@H]1CC1(C)C. The van der Waals surface area contributed by atoms with Gasteiger partial charge in [0.2, 0.25) is 5.95 Å². The van der Waals surface area contributed by atoms with Crippen molar-refractivity contribution in [3.05, 3.63) is 35.5 Å². The maximum atomic E-state index is 6.19. The van der Waals surface area contributed by atoms with Crippen LogP contribution in [0.2, 0.25) is 5.02 Å². The Labute approximate surface area is 136 Å². The van der Waals surface area contributed by atoms with E-state index in [0.717, 1.165) is 27.7 Å². The summed E-state index contributed by atoms with van der Waals surface area (Å²) in [6.45, 7) is 8.83. The number of nitrogens with one attached hydrogen (secondary N) is 1. The van der Waals surface area contributed by atoms with Gasteiger partial charge in [-0.25, -0.2) is 4.98 Å². The molecule has 116 valence electrons. The molecule has 2 aliphatic carbocycles. The van der Waals surface area contributed by atoms with E-state index in [4.69, 9.17) is 16.6 Å². The minimum absolute atomic E-state index is 0.376. The summed E-state index contributed by atoms with van der Waals surface area (Å²) < 4.78 is 2.32. The Morgan fingerprint density at radius 1 is 1.41 bits per heavy atom. The minimum atomic E-state index is 0.376. The van der Waals surface area contributed by atoms with Crippen LogP contribution >= 0.6 is 11.6 Å². The number of rotatable bonds is 4. The zero-order chi connectivity index (χ0) is 15.5. The molecule has 4 heteroatoms. The number of nitrogens with zero attached hydrogens (tertiary/aromatic N) is 2. The molecule has 1 N–H and O–H groups in total. The normalized spacial score (nSPS) is 23.3. The number of allylic oxidation sites excluding steroid dienone is 1. The number of hydrogen-bond donors (Lipinski definition) is 1. The zero-order valence-electron chi connectivity index (χ0n) is 13.2. The molecule has 2 aliphatic rings. The second-order valence-electron chi connectivity index (χ2n) is 7.42. The van der Waals surface area contributed by atoms with E-state index in [1.165, 1.54) is 25.7 Å². The fourth-order valence-electron chi connectivity index (χ4n) is 3.46. The number of aromatic nitrogens is 2. The fraction of sp³-hybridized carbons (Fsp3) is 0.500. The predicted octanol–water partition coefficient (Wildman–Crippen LogP) is 5.39. The van der Waals surface area contributed by atoms with Gasteiger partial charge in [0.1, 0.15) is 0 Å². The molecule has 1 heterocycles. The average molecular weight is 316 g/mol. The summed E-state index contributed by atoms with van der Waals surface area (Å²) in [7, 11) is 0. The quantitative estimate of drug-likeness (QED) is 0.820. The highest BCUT2D eigenvalue weighted by Crippen LogP contribution is 2.55. The lowest BCUT2D eigenvalue weighted by molar-refractivity contribution is 0.323. The van der Waals surface area contributed by atoms with Crippen LogP contribution in [-0.2, 0) is 0 Å². The van der Waals surface area contributed by atoms with Crippen molar-refractivity contribution in [2.45, 2.75) is 45.6 Å². The van der Waals surface area contributed by atoms with E-state index in [1.807, 2.05) is 18.2 Å². The fourth-order valence-corrected chi connectivity index (χ4v) is 3.63. The molecule has 1 atom stereocenters. The van der Waals surface area contributed by atoms with Crippen LogP contribution in [0.5, 0.6) is 0 Å². The molecule has 4 rings (SSSR count). The van der Waals surface area contributed by atoms with Gasteiger partial charge in [0, 0.05) is 22.7 Å². The Morgan fingerprint density at radius 3 is 2.73 bits per heavy atom. The molecule has 22 heavy (non-hydrogen) atoms. The van der Waals surface area contributed by atoms with E-state index in [9.17, 15) is 0 Å². The van der Waals surface area contributed by atoms with Crippen molar-refractivity contribution < 1.29 is 0 Å². The summed E-state index contributed by atoms with van der Waals surface area (Å²) in [5.74, 6) is 1.47. The molecular formula is C18H22ClN3. The monoisotopic (exact) mass is 315 g/mol. The third-order valence-electron chi connectivity index (χ3n) is 5.30. The Bertz CT molecular complexity index is 755. The van der Waals surface area contributed by atoms with Crippen molar-refractivity contribution in [3.8, 4) is 0 Å². The first kappa shape index (κ1) is 14.1. The van der Waals surface area contributed by atoms with E-state index in [0.29, 0.717) is 17.4 Å². The van der Waals surface area contributed by atoms with Gasteiger partial charge in [-0.05, 0) is 49.3 Å². The highest BCUT2D eigenvalue weighted by atomic mass is 35.5. The highest BCUT2D eigenvalue weighted by Gasteiger charge is 2.47. The molecule has 2 aromatic rings. The second kappa shape index (κ2) is 4.76. The van der Waals surface area contributed by atoms with Crippen LogP contribution in [-0.4, -0.2) is 9.55 Å². The number of halogens is 1. The number of anilines is 1. The summed E-state index contributed by atoms with van der Waals surface area (Å²) in [4.78, 5) is 4.79. The molecule has 0 radical (unpaired) electrons. The van der Waals surface area contributed by atoms with Crippen molar-refractivity contribution in [3.63, 3.8) is 0 Å². The van der Waals surface area contributed by atoms with Crippen molar-refractivity contribution >= 4 is 28.6 Å². The van der Waals surface area contributed by atoms with Crippen LogP contribution in [0.1, 0.15) is 45.6 Å². The maximum Gasteiger partial charge on any atom is 0.208 e. The van der Waals surface area contributed by atoms with Crippen LogP contribution in [0.25, 0.3) is 11.0 Å². The molecular weight excluding hydrogens is 294 g/mol. The van der Waals surface area contributed by atoms with Gasteiger partial charge >= 0.3 is 0 Å². The largest absolute Gasteiger partial charge is 0.330 e. The third kappa shape index (κ3) is 2.23. The molecule has 0 amide bonds. The molecule has 0 aliphatic heterocycles. The Balaban J connectivity index is 1.71. The number of hydrogen-bond acceptors (Lipinski definition) is 2. The molecule has 0 spiro atoms. The van der Waals surface area contributed by atoms with Crippen LogP contribution in [0.15, 0.2) is 30.5 Å². The van der Waals surface area contributed by atoms with E-state index in [1.54, 1.807) is 0 Å². The van der Waals surface area contributed by atoms with Gasteiger partial charge in [0.15, 0.2) is 0 Å². The standard InChI is InChI=1S/C18H22ClN3/c1-11(14-10-18(14,2)3)20-17-21-15-8-7-12(19)9-16(15)22(17)13-5-4-6-13/h7-9,13-14H,1,4-6,10H2,2-3H3,(H,20,21)/t14-/m1/s1. The van der Waals surface area contributed by atoms with Crippen molar-refractivity contribution in [1.29, 1.82) is 0 Å². The first-order valence-electron chi connectivity index (χ1n) is 8.09. The van der Waals surface area contributed by atoms with Crippen LogP contribution in [0.4, 0.5) is 5.95 Å². The number of benzene rings is 1. The van der Waals surface area contributed by atoms with Gasteiger partial charge < -0.3 is 9.88 Å². The number of fused-ring (bicyclic) bond motifs is 1. The van der Waals surface area contributed by atoms with Gasteiger partial charge in [-0.15, -0.1) is 0 Å². The topological polar surface area (TPSA) is 29.9 Å². The van der Waals surface area contributed by atoms with E-state index in [-0.39, 0.29) is 0 Å². The molecule has 1 aromatic carbocycles. The first-order chi connectivity index (χ1) is 10.5.